The summed E-state index contributed by atoms with van der Waals surface area (Å²) in [4.78, 5) is 13.4. The molecule has 2 N–H and O–H groups in total. The van der Waals surface area contributed by atoms with Crippen LogP contribution in [0.25, 0.3) is 0 Å². The fourth-order valence-corrected chi connectivity index (χ4v) is 1.57. The van der Waals surface area contributed by atoms with Crippen molar-refractivity contribution in [3.8, 4) is 0 Å². The van der Waals surface area contributed by atoms with E-state index in [9.17, 15) is 4.79 Å². The molecule has 90 valence electrons. The van der Waals surface area contributed by atoms with E-state index in [2.05, 4.69) is 0 Å². The molecule has 1 fully saturated rings. The van der Waals surface area contributed by atoms with Gasteiger partial charge in [-0.05, 0) is 26.7 Å². The smallest absolute Gasteiger partial charge is 0.248 e. The molecule has 1 atom stereocenters. The van der Waals surface area contributed by atoms with Gasteiger partial charge in [0.1, 0.15) is 6.61 Å². The minimum absolute atomic E-state index is 0. The average molecular weight is 237 g/mol. The van der Waals surface area contributed by atoms with Crippen molar-refractivity contribution in [2.45, 2.75) is 38.8 Å². The number of ether oxygens (including phenoxy) is 1. The Balaban J connectivity index is 0.00000196. The molecule has 1 aliphatic rings. The topological polar surface area (TPSA) is 55.6 Å². The molecule has 0 aliphatic carbocycles. The first-order valence-electron chi connectivity index (χ1n) is 5.24. The third kappa shape index (κ3) is 5.35. The highest BCUT2D eigenvalue weighted by molar-refractivity contribution is 5.85. The number of halogens is 1. The molecule has 0 bridgehead atoms. The zero-order valence-corrected chi connectivity index (χ0v) is 10.3. The summed E-state index contributed by atoms with van der Waals surface area (Å²) in [6.45, 7) is 5.54. The van der Waals surface area contributed by atoms with Crippen LogP contribution in [-0.2, 0) is 9.53 Å². The van der Waals surface area contributed by atoms with Crippen molar-refractivity contribution in [1.29, 1.82) is 0 Å². The fourth-order valence-electron chi connectivity index (χ4n) is 1.57. The summed E-state index contributed by atoms with van der Waals surface area (Å²) >= 11 is 0. The summed E-state index contributed by atoms with van der Waals surface area (Å²) in [7, 11) is 0. The third-order valence-electron chi connectivity index (χ3n) is 2.35. The number of rotatable bonds is 3. The second-order valence-corrected chi connectivity index (χ2v) is 4.10. The van der Waals surface area contributed by atoms with E-state index in [4.69, 9.17) is 10.5 Å². The van der Waals surface area contributed by atoms with Gasteiger partial charge < -0.3 is 15.4 Å². The number of nitrogens with zero attached hydrogens (tertiary/aromatic N) is 1. The molecule has 0 saturated carbocycles. The van der Waals surface area contributed by atoms with Crippen LogP contribution >= 0.6 is 12.4 Å². The normalized spacial score (nSPS) is 21.3. The van der Waals surface area contributed by atoms with E-state index in [-0.39, 0.29) is 37.1 Å². The molecule has 4 nitrogen and oxygen atoms in total. The van der Waals surface area contributed by atoms with E-state index >= 15 is 0 Å². The zero-order chi connectivity index (χ0) is 10.6. The van der Waals surface area contributed by atoms with Gasteiger partial charge >= 0.3 is 0 Å². The molecule has 1 saturated heterocycles. The van der Waals surface area contributed by atoms with Crippen molar-refractivity contribution in [3.05, 3.63) is 0 Å². The van der Waals surface area contributed by atoms with E-state index < -0.39 is 0 Å². The maximum atomic E-state index is 11.6. The lowest BCUT2D eigenvalue weighted by molar-refractivity contribution is -0.138. The molecule has 0 radical (unpaired) electrons. The molecule has 15 heavy (non-hydrogen) atoms. The molecular formula is C10H21ClN2O2. The largest absolute Gasteiger partial charge is 0.369 e. The monoisotopic (exact) mass is 236 g/mol. The second kappa shape index (κ2) is 7.04. The third-order valence-corrected chi connectivity index (χ3v) is 2.35. The molecule has 1 heterocycles. The minimum atomic E-state index is 0. The Hall–Kier alpha value is -0.320. The maximum absolute atomic E-state index is 11.6. The van der Waals surface area contributed by atoms with Crippen molar-refractivity contribution < 1.29 is 9.53 Å². The molecule has 1 aliphatic heterocycles. The summed E-state index contributed by atoms with van der Waals surface area (Å²) in [6, 6.07) is 0.145. The summed E-state index contributed by atoms with van der Waals surface area (Å²) in [5.74, 6) is 0.0638. The quantitative estimate of drug-likeness (QED) is 0.788. The fraction of sp³-hybridized carbons (Fsp3) is 0.900. The van der Waals surface area contributed by atoms with Gasteiger partial charge in [0.2, 0.25) is 5.91 Å². The Labute approximate surface area is 97.5 Å². The van der Waals surface area contributed by atoms with Crippen LogP contribution in [0, 0.1) is 0 Å². The molecule has 5 heteroatoms. The minimum Gasteiger partial charge on any atom is -0.369 e. The molecule has 0 spiro atoms. The molecule has 0 aromatic carbocycles. The lowest BCUT2D eigenvalue weighted by Crippen LogP contribution is -2.47. The summed E-state index contributed by atoms with van der Waals surface area (Å²) in [5.41, 5.74) is 5.78. The number of hydrogen-bond acceptors (Lipinski definition) is 3. The van der Waals surface area contributed by atoms with E-state index in [1.165, 1.54) is 0 Å². The van der Waals surface area contributed by atoms with Gasteiger partial charge in [-0.15, -0.1) is 12.4 Å². The summed E-state index contributed by atoms with van der Waals surface area (Å²) < 4.78 is 5.26. The van der Waals surface area contributed by atoms with Crippen LogP contribution in [0.1, 0.15) is 26.7 Å². The molecule has 1 amide bonds. The number of amides is 1. The number of carbonyl (C=O) groups excluding carboxylic acids is 1. The van der Waals surface area contributed by atoms with Crippen molar-refractivity contribution in [3.63, 3.8) is 0 Å². The van der Waals surface area contributed by atoms with Crippen LogP contribution in [-0.4, -0.2) is 42.6 Å². The Morgan fingerprint density at radius 2 is 2.27 bits per heavy atom. The average Bonchev–Trinajstić information content (AvgIpc) is 2.14. The Bertz CT molecular complexity index is 200. The first-order valence-corrected chi connectivity index (χ1v) is 5.24. The highest BCUT2D eigenvalue weighted by atomic mass is 35.5. The van der Waals surface area contributed by atoms with Crippen molar-refractivity contribution in [2.75, 3.05) is 19.7 Å². The van der Waals surface area contributed by atoms with Crippen LogP contribution < -0.4 is 5.73 Å². The Morgan fingerprint density at radius 1 is 1.60 bits per heavy atom. The van der Waals surface area contributed by atoms with Crippen LogP contribution in [0.15, 0.2) is 0 Å². The molecule has 1 unspecified atom stereocenters. The number of likely N-dealkylation sites (tertiary alicyclic amines) is 1. The summed E-state index contributed by atoms with van der Waals surface area (Å²) in [6.07, 6.45) is 2.14. The van der Waals surface area contributed by atoms with E-state index in [1.807, 2.05) is 13.8 Å². The molecule has 1 rings (SSSR count). The molecular weight excluding hydrogens is 216 g/mol. The van der Waals surface area contributed by atoms with Gasteiger partial charge in [-0.2, -0.15) is 0 Å². The predicted molar refractivity (Wildman–Crippen MR) is 62.1 cm³/mol. The number of hydrogen-bond donors (Lipinski definition) is 1. The SMILES string of the molecule is CC(C)OCC(=O)N1CCCC(N)C1.Cl. The van der Waals surface area contributed by atoms with Crippen molar-refractivity contribution in [2.24, 2.45) is 5.73 Å². The van der Waals surface area contributed by atoms with Crippen LogP contribution in [0.5, 0.6) is 0 Å². The van der Waals surface area contributed by atoms with E-state index in [0.717, 1.165) is 19.4 Å². The highest BCUT2D eigenvalue weighted by Crippen LogP contribution is 2.08. The van der Waals surface area contributed by atoms with E-state index in [0.29, 0.717) is 6.54 Å². The maximum Gasteiger partial charge on any atom is 0.248 e. The molecule has 0 aromatic heterocycles. The lowest BCUT2D eigenvalue weighted by atomic mass is 10.1. The molecule has 0 aromatic rings. The van der Waals surface area contributed by atoms with Gasteiger partial charge in [0.15, 0.2) is 0 Å². The highest BCUT2D eigenvalue weighted by Gasteiger charge is 2.21. The second-order valence-electron chi connectivity index (χ2n) is 4.10. The van der Waals surface area contributed by atoms with Gasteiger partial charge in [0.05, 0.1) is 6.10 Å². The van der Waals surface area contributed by atoms with Gasteiger partial charge in [0, 0.05) is 19.1 Å². The number of nitrogens with two attached hydrogens (primary N) is 1. The Kier molecular flexibility index (Phi) is 6.89. The first-order chi connectivity index (χ1) is 6.59. The zero-order valence-electron chi connectivity index (χ0n) is 9.44. The van der Waals surface area contributed by atoms with Crippen molar-refractivity contribution >= 4 is 18.3 Å². The van der Waals surface area contributed by atoms with Gasteiger partial charge in [0.25, 0.3) is 0 Å². The van der Waals surface area contributed by atoms with Gasteiger partial charge in [-0.25, -0.2) is 0 Å². The van der Waals surface area contributed by atoms with Crippen LogP contribution in [0.4, 0.5) is 0 Å². The van der Waals surface area contributed by atoms with Crippen molar-refractivity contribution in [1.82, 2.24) is 4.90 Å². The van der Waals surface area contributed by atoms with Gasteiger partial charge in [-0.1, -0.05) is 0 Å². The number of piperidine rings is 1. The van der Waals surface area contributed by atoms with Crippen LogP contribution in [0.3, 0.4) is 0 Å². The summed E-state index contributed by atoms with van der Waals surface area (Å²) in [5, 5.41) is 0. The lowest BCUT2D eigenvalue weighted by Gasteiger charge is -2.30. The van der Waals surface area contributed by atoms with Crippen LogP contribution in [0.2, 0.25) is 0 Å². The van der Waals surface area contributed by atoms with E-state index in [1.54, 1.807) is 4.90 Å². The Morgan fingerprint density at radius 3 is 2.80 bits per heavy atom. The predicted octanol–water partition coefficient (Wildman–Crippen LogP) is 0.783. The first kappa shape index (κ1) is 14.7. The van der Waals surface area contributed by atoms with Gasteiger partial charge in [-0.3, -0.25) is 4.79 Å². The number of carbonyl (C=O) groups is 1. The standard InChI is InChI=1S/C10H20N2O2.ClH/c1-8(2)14-7-10(13)12-5-3-4-9(11)6-12;/h8-9H,3-7,11H2,1-2H3;1H.